The molecule has 0 aliphatic heterocycles. The molecule has 0 atom stereocenters. The highest BCUT2D eigenvalue weighted by atomic mass is 32.2. The molecule has 0 spiro atoms. The Morgan fingerprint density at radius 3 is 2.03 bits per heavy atom. The van der Waals surface area contributed by atoms with Gasteiger partial charge in [0.1, 0.15) is 11.5 Å². The Labute approximate surface area is 204 Å². The lowest BCUT2D eigenvalue weighted by Gasteiger charge is -2.17. The fourth-order valence-electron chi connectivity index (χ4n) is 4.70. The van der Waals surface area contributed by atoms with Crippen molar-refractivity contribution >= 4 is 37.3 Å². The van der Waals surface area contributed by atoms with Gasteiger partial charge >= 0.3 is 0 Å². The monoisotopic (exact) mass is 483 g/mol. The summed E-state index contributed by atoms with van der Waals surface area (Å²) in [5, 5.41) is 14.4. The van der Waals surface area contributed by atoms with Gasteiger partial charge in [-0.05, 0) is 59.5 Å². The van der Waals surface area contributed by atoms with Crippen LogP contribution in [0, 0.1) is 13.8 Å². The van der Waals surface area contributed by atoms with Crippen LogP contribution in [0.5, 0.6) is 11.5 Å². The molecule has 0 amide bonds. The SMILES string of the molecule is COc1c(C)cc(S(=O)(=O)Nc2cc(-c3cccc4ccccc34)c(O)c3ccccc23)cc1C. The third kappa shape index (κ3) is 3.96. The summed E-state index contributed by atoms with van der Waals surface area (Å²) in [5.74, 6) is 0.772. The van der Waals surface area contributed by atoms with E-state index in [4.69, 9.17) is 4.74 Å². The van der Waals surface area contributed by atoms with Gasteiger partial charge in [-0.25, -0.2) is 8.42 Å². The average molecular weight is 484 g/mol. The summed E-state index contributed by atoms with van der Waals surface area (Å²) in [7, 11) is -2.35. The highest BCUT2D eigenvalue weighted by Gasteiger charge is 2.21. The van der Waals surface area contributed by atoms with Gasteiger partial charge in [-0.15, -0.1) is 0 Å². The van der Waals surface area contributed by atoms with E-state index in [1.54, 1.807) is 37.4 Å². The van der Waals surface area contributed by atoms with E-state index >= 15 is 0 Å². The Kier molecular flexibility index (Phi) is 5.61. The number of sulfonamides is 1. The van der Waals surface area contributed by atoms with Gasteiger partial charge in [0.15, 0.2) is 0 Å². The van der Waals surface area contributed by atoms with Crippen molar-refractivity contribution in [2.75, 3.05) is 11.8 Å². The van der Waals surface area contributed by atoms with E-state index in [9.17, 15) is 13.5 Å². The normalized spacial score (nSPS) is 11.6. The van der Waals surface area contributed by atoms with Crippen LogP contribution in [-0.2, 0) is 10.0 Å². The molecule has 5 rings (SSSR count). The van der Waals surface area contributed by atoms with Crippen molar-refractivity contribution in [3.63, 3.8) is 0 Å². The van der Waals surface area contributed by atoms with E-state index in [0.29, 0.717) is 27.8 Å². The second-order valence-corrected chi connectivity index (χ2v) is 10.3. The fourth-order valence-corrected chi connectivity index (χ4v) is 5.94. The van der Waals surface area contributed by atoms with Crippen LogP contribution in [0.1, 0.15) is 11.1 Å². The van der Waals surface area contributed by atoms with Crippen LogP contribution in [0.4, 0.5) is 5.69 Å². The lowest BCUT2D eigenvalue weighted by Crippen LogP contribution is -2.14. The third-order valence-corrected chi connectivity index (χ3v) is 7.63. The number of phenolic OH excluding ortho intramolecular Hbond substituents is 1. The molecule has 0 unspecified atom stereocenters. The highest BCUT2D eigenvalue weighted by molar-refractivity contribution is 7.92. The van der Waals surface area contributed by atoms with Gasteiger partial charge < -0.3 is 9.84 Å². The van der Waals surface area contributed by atoms with E-state index in [1.807, 2.05) is 68.4 Å². The van der Waals surface area contributed by atoms with E-state index in [1.165, 1.54) is 0 Å². The first-order chi connectivity index (χ1) is 16.8. The van der Waals surface area contributed by atoms with Crippen LogP contribution in [0.15, 0.2) is 89.8 Å². The minimum absolute atomic E-state index is 0.107. The summed E-state index contributed by atoms with van der Waals surface area (Å²) < 4.78 is 35.1. The molecule has 2 N–H and O–H groups in total. The van der Waals surface area contributed by atoms with Crippen molar-refractivity contribution in [2.24, 2.45) is 0 Å². The molecule has 176 valence electrons. The number of hydrogen-bond acceptors (Lipinski definition) is 4. The summed E-state index contributed by atoms with van der Waals surface area (Å²) in [4.78, 5) is 0.150. The molecule has 0 radical (unpaired) electrons. The molecule has 5 aromatic carbocycles. The first kappa shape index (κ1) is 22.7. The number of rotatable bonds is 5. The van der Waals surface area contributed by atoms with Crippen LogP contribution >= 0.6 is 0 Å². The van der Waals surface area contributed by atoms with Crippen LogP contribution < -0.4 is 9.46 Å². The molecular weight excluding hydrogens is 458 g/mol. The maximum absolute atomic E-state index is 13.5. The smallest absolute Gasteiger partial charge is 0.261 e. The maximum Gasteiger partial charge on any atom is 0.261 e. The zero-order valence-electron chi connectivity index (χ0n) is 19.7. The third-order valence-electron chi connectivity index (χ3n) is 6.29. The first-order valence-corrected chi connectivity index (χ1v) is 12.7. The number of methoxy groups -OCH3 is 1. The van der Waals surface area contributed by atoms with Gasteiger partial charge in [-0.1, -0.05) is 66.7 Å². The van der Waals surface area contributed by atoms with Crippen molar-refractivity contribution in [1.29, 1.82) is 0 Å². The van der Waals surface area contributed by atoms with Gasteiger partial charge in [0.05, 0.1) is 17.7 Å². The summed E-state index contributed by atoms with van der Waals surface area (Å²) >= 11 is 0. The number of aryl methyl sites for hydroxylation is 2. The summed E-state index contributed by atoms with van der Waals surface area (Å²) in [6, 6.07) is 25.9. The topological polar surface area (TPSA) is 75.6 Å². The molecule has 0 saturated carbocycles. The number of phenols is 1. The van der Waals surface area contributed by atoms with E-state index in [2.05, 4.69) is 4.72 Å². The van der Waals surface area contributed by atoms with Gasteiger partial charge in [0, 0.05) is 16.3 Å². The molecule has 0 aromatic heterocycles. The predicted octanol–water partition coefficient (Wildman–Crippen LogP) is 6.79. The van der Waals surface area contributed by atoms with Crippen LogP contribution in [0.3, 0.4) is 0 Å². The lowest BCUT2D eigenvalue weighted by molar-refractivity contribution is 0.408. The molecule has 35 heavy (non-hydrogen) atoms. The summed E-state index contributed by atoms with van der Waals surface area (Å²) in [6.07, 6.45) is 0. The van der Waals surface area contributed by atoms with E-state index in [0.717, 1.165) is 27.5 Å². The molecule has 0 saturated heterocycles. The van der Waals surface area contributed by atoms with E-state index < -0.39 is 10.0 Å². The summed E-state index contributed by atoms with van der Waals surface area (Å²) in [5.41, 5.74) is 3.25. The van der Waals surface area contributed by atoms with Gasteiger partial charge in [0.25, 0.3) is 10.0 Å². The first-order valence-electron chi connectivity index (χ1n) is 11.2. The number of benzene rings is 5. The van der Waals surface area contributed by atoms with Crippen molar-refractivity contribution in [3.05, 3.63) is 96.1 Å². The van der Waals surface area contributed by atoms with Crippen LogP contribution in [0.25, 0.3) is 32.7 Å². The second-order valence-electron chi connectivity index (χ2n) is 8.59. The Balaban J connectivity index is 1.71. The largest absolute Gasteiger partial charge is 0.507 e. The molecule has 5 aromatic rings. The minimum Gasteiger partial charge on any atom is -0.507 e. The van der Waals surface area contributed by atoms with E-state index in [-0.39, 0.29) is 10.6 Å². The highest BCUT2D eigenvalue weighted by Crippen LogP contribution is 2.43. The molecular formula is C29H25NO4S. The Hall–Kier alpha value is -4.03. The van der Waals surface area contributed by atoms with Crippen molar-refractivity contribution in [2.45, 2.75) is 18.7 Å². The zero-order chi connectivity index (χ0) is 24.7. The number of ether oxygens (including phenoxy) is 1. The minimum atomic E-state index is -3.92. The number of hydrogen-bond donors (Lipinski definition) is 2. The molecule has 0 aliphatic carbocycles. The van der Waals surface area contributed by atoms with Crippen molar-refractivity contribution in [1.82, 2.24) is 0 Å². The molecule has 0 bridgehead atoms. The molecule has 6 heteroatoms. The number of nitrogens with one attached hydrogen (secondary N) is 1. The average Bonchev–Trinajstić information content (AvgIpc) is 2.85. The van der Waals surface area contributed by atoms with Gasteiger partial charge in [-0.2, -0.15) is 0 Å². The van der Waals surface area contributed by atoms with Crippen molar-refractivity contribution in [3.8, 4) is 22.6 Å². The zero-order valence-corrected chi connectivity index (χ0v) is 20.5. The van der Waals surface area contributed by atoms with Gasteiger partial charge in [-0.3, -0.25) is 4.72 Å². The molecule has 0 fully saturated rings. The standard InChI is InChI=1S/C29H25NO4S/c1-18-15-21(16-19(2)29(18)34-3)35(32,33)30-27-17-26(28(31)25-13-7-6-12-24(25)27)23-14-8-10-20-9-4-5-11-22(20)23/h4-17,30-31H,1-3H3. The number of anilines is 1. The predicted molar refractivity (Wildman–Crippen MR) is 142 cm³/mol. The van der Waals surface area contributed by atoms with Gasteiger partial charge in [0.2, 0.25) is 0 Å². The molecule has 5 nitrogen and oxygen atoms in total. The van der Waals surface area contributed by atoms with Crippen LogP contribution in [-0.4, -0.2) is 20.6 Å². The van der Waals surface area contributed by atoms with Crippen LogP contribution in [0.2, 0.25) is 0 Å². The molecule has 0 heterocycles. The van der Waals surface area contributed by atoms with Crippen molar-refractivity contribution < 1.29 is 18.3 Å². The maximum atomic E-state index is 13.5. The summed E-state index contributed by atoms with van der Waals surface area (Å²) in [6.45, 7) is 3.64. The number of aromatic hydroxyl groups is 1. The fraction of sp³-hybridized carbons (Fsp3) is 0.103. The Morgan fingerprint density at radius 2 is 1.34 bits per heavy atom. The quantitative estimate of drug-likeness (QED) is 0.270. The lowest BCUT2D eigenvalue weighted by atomic mass is 9.94. The number of fused-ring (bicyclic) bond motifs is 2. The Bertz CT molecular complexity index is 1680. The second kappa shape index (κ2) is 8.64. The molecule has 0 aliphatic rings. The Morgan fingerprint density at radius 1 is 0.743 bits per heavy atom.